The quantitative estimate of drug-likeness (QED) is 0.472. The lowest BCUT2D eigenvalue weighted by molar-refractivity contribution is -0.143. The number of fused-ring (bicyclic) bond motifs is 3. The van der Waals surface area contributed by atoms with Crippen molar-refractivity contribution in [3.05, 3.63) is 47.5 Å². The van der Waals surface area contributed by atoms with E-state index in [-0.39, 0.29) is 17.7 Å². The number of esters is 2. The van der Waals surface area contributed by atoms with Crippen LogP contribution in [-0.2, 0) is 9.59 Å². The van der Waals surface area contributed by atoms with E-state index in [9.17, 15) is 14.4 Å². The Kier molecular flexibility index (Phi) is 4.66. The highest BCUT2D eigenvalue weighted by molar-refractivity contribution is 6.22. The zero-order valence-electron chi connectivity index (χ0n) is 17.0. The molecule has 0 atom stereocenters. The van der Waals surface area contributed by atoms with Crippen molar-refractivity contribution in [3.8, 4) is 22.6 Å². The number of carbonyl (C=O) groups excluding carboxylic acids is 3. The average molecular weight is 380 g/mol. The molecule has 0 radical (unpaired) electrons. The Balaban J connectivity index is 1.90. The van der Waals surface area contributed by atoms with Gasteiger partial charge in [0.05, 0.1) is 10.8 Å². The second-order valence-electron chi connectivity index (χ2n) is 9.02. The van der Waals surface area contributed by atoms with Crippen LogP contribution in [0.25, 0.3) is 11.1 Å². The zero-order valence-corrected chi connectivity index (χ0v) is 17.0. The summed E-state index contributed by atoms with van der Waals surface area (Å²) in [6.07, 6.45) is 0. The summed E-state index contributed by atoms with van der Waals surface area (Å²) in [5.74, 6) is -0.260. The first-order valence-corrected chi connectivity index (χ1v) is 9.15. The molecule has 0 heterocycles. The molecule has 1 aliphatic rings. The van der Waals surface area contributed by atoms with Crippen molar-refractivity contribution >= 4 is 17.7 Å². The Morgan fingerprint density at radius 3 is 1.32 bits per heavy atom. The molecule has 0 aromatic heterocycles. The van der Waals surface area contributed by atoms with Gasteiger partial charge >= 0.3 is 11.9 Å². The van der Waals surface area contributed by atoms with E-state index in [1.165, 1.54) is 0 Å². The lowest BCUT2D eigenvalue weighted by atomic mass is 9.97. The lowest BCUT2D eigenvalue weighted by Gasteiger charge is -2.16. The van der Waals surface area contributed by atoms with E-state index in [0.717, 1.165) is 11.1 Å². The summed E-state index contributed by atoms with van der Waals surface area (Å²) < 4.78 is 10.8. The molecule has 0 saturated heterocycles. The molecule has 5 heteroatoms. The monoisotopic (exact) mass is 380 g/mol. The van der Waals surface area contributed by atoms with Gasteiger partial charge in [0.2, 0.25) is 0 Å². The van der Waals surface area contributed by atoms with E-state index in [0.29, 0.717) is 22.6 Å². The molecule has 28 heavy (non-hydrogen) atoms. The summed E-state index contributed by atoms with van der Waals surface area (Å²) in [4.78, 5) is 37.1. The van der Waals surface area contributed by atoms with Crippen molar-refractivity contribution in [2.24, 2.45) is 10.8 Å². The fourth-order valence-corrected chi connectivity index (χ4v) is 2.68. The van der Waals surface area contributed by atoms with Gasteiger partial charge in [0, 0.05) is 11.1 Å². The minimum atomic E-state index is -0.641. The second-order valence-corrected chi connectivity index (χ2v) is 9.02. The fourth-order valence-electron chi connectivity index (χ4n) is 2.68. The number of benzene rings is 2. The third-order valence-corrected chi connectivity index (χ3v) is 4.41. The van der Waals surface area contributed by atoms with Crippen molar-refractivity contribution < 1.29 is 23.9 Å². The molecule has 0 N–H and O–H groups in total. The molecule has 0 bridgehead atoms. The molecule has 146 valence electrons. The highest BCUT2D eigenvalue weighted by Crippen LogP contribution is 2.40. The van der Waals surface area contributed by atoms with Crippen LogP contribution in [0.2, 0.25) is 0 Å². The summed E-state index contributed by atoms with van der Waals surface area (Å²) in [5, 5.41) is 0. The predicted octanol–water partition coefficient (Wildman–Crippen LogP) is 4.80. The van der Waals surface area contributed by atoms with Crippen LogP contribution >= 0.6 is 0 Å². The molecule has 2 aromatic carbocycles. The molecule has 0 aliphatic heterocycles. The Morgan fingerprint density at radius 1 is 0.643 bits per heavy atom. The molecule has 3 rings (SSSR count). The summed E-state index contributed by atoms with van der Waals surface area (Å²) in [6, 6.07) is 10.1. The van der Waals surface area contributed by atoms with Crippen LogP contribution in [0.15, 0.2) is 36.4 Å². The van der Waals surface area contributed by atoms with Crippen LogP contribution in [0.3, 0.4) is 0 Å². The number of rotatable bonds is 2. The van der Waals surface area contributed by atoms with E-state index >= 15 is 0 Å². The smallest absolute Gasteiger partial charge is 0.316 e. The van der Waals surface area contributed by atoms with Gasteiger partial charge in [0.15, 0.2) is 5.78 Å². The van der Waals surface area contributed by atoms with Gasteiger partial charge in [0.25, 0.3) is 0 Å². The van der Waals surface area contributed by atoms with Crippen molar-refractivity contribution in [1.82, 2.24) is 0 Å². The maximum absolute atomic E-state index is 12.9. The van der Waals surface area contributed by atoms with Crippen molar-refractivity contribution in [1.29, 1.82) is 0 Å². The van der Waals surface area contributed by atoms with E-state index in [2.05, 4.69) is 0 Å². The maximum Gasteiger partial charge on any atom is 0.316 e. The minimum Gasteiger partial charge on any atom is -0.426 e. The maximum atomic E-state index is 12.9. The van der Waals surface area contributed by atoms with E-state index < -0.39 is 10.8 Å². The van der Waals surface area contributed by atoms with Gasteiger partial charge in [-0.1, -0.05) is 0 Å². The average Bonchev–Trinajstić information content (AvgIpc) is 2.85. The molecule has 1 aliphatic carbocycles. The van der Waals surface area contributed by atoms with Crippen LogP contribution in [0, 0.1) is 10.8 Å². The molecule has 2 aromatic rings. The van der Waals surface area contributed by atoms with Gasteiger partial charge in [-0.15, -0.1) is 0 Å². The van der Waals surface area contributed by atoms with Crippen molar-refractivity contribution in [2.45, 2.75) is 41.5 Å². The van der Waals surface area contributed by atoms with E-state index in [1.54, 1.807) is 77.9 Å². The first-order valence-electron chi connectivity index (χ1n) is 9.15. The molecule has 0 spiro atoms. The Hall–Kier alpha value is -2.95. The third-order valence-electron chi connectivity index (χ3n) is 4.41. The van der Waals surface area contributed by atoms with Crippen LogP contribution < -0.4 is 9.47 Å². The topological polar surface area (TPSA) is 69.7 Å². The van der Waals surface area contributed by atoms with Crippen molar-refractivity contribution in [3.63, 3.8) is 0 Å². The van der Waals surface area contributed by atoms with E-state index in [1.807, 2.05) is 0 Å². The summed E-state index contributed by atoms with van der Waals surface area (Å²) >= 11 is 0. The van der Waals surface area contributed by atoms with Gasteiger partial charge in [-0.25, -0.2) is 0 Å². The molecule has 0 fully saturated rings. The van der Waals surface area contributed by atoms with Gasteiger partial charge in [-0.2, -0.15) is 0 Å². The standard InChI is InChI=1S/C23H24O5/c1-22(2,3)20(25)27-13-7-9-15-16-10-8-14(28-21(26)23(4,5)6)12-18(16)19(24)17(15)11-13/h7-12H,1-6H3. The molecule has 0 unspecified atom stereocenters. The number of ether oxygens (including phenoxy) is 2. The van der Waals surface area contributed by atoms with E-state index in [4.69, 9.17) is 9.47 Å². The van der Waals surface area contributed by atoms with Crippen LogP contribution in [0.4, 0.5) is 0 Å². The SMILES string of the molecule is CC(C)(C)C(=O)Oc1ccc2c(c1)C(=O)c1cc(OC(=O)C(C)(C)C)ccc1-2. The first-order chi connectivity index (χ1) is 12.9. The fraction of sp³-hybridized carbons (Fsp3) is 0.348. The molecular weight excluding hydrogens is 356 g/mol. The third kappa shape index (κ3) is 3.70. The highest BCUT2D eigenvalue weighted by atomic mass is 16.5. The first kappa shape index (κ1) is 19.8. The Morgan fingerprint density at radius 2 is 1.00 bits per heavy atom. The predicted molar refractivity (Wildman–Crippen MR) is 105 cm³/mol. The normalized spacial score (nSPS) is 13.0. The van der Waals surface area contributed by atoms with Gasteiger partial charge < -0.3 is 9.47 Å². The number of hydrogen-bond donors (Lipinski definition) is 0. The Bertz CT molecular complexity index is 908. The highest BCUT2D eigenvalue weighted by Gasteiger charge is 2.30. The van der Waals surface area contributed by atoms with Gasteiger partial charge in [-0.3, -0.25) is 14.4 Å². The number of ketones is 1. The largest absolute Gasteiger partial charge is 0.426 e. The van der Waals surface area contributed by atoms with Gasteiger partial charge in [-0.05, 0) is 89.1 Å². The lowest BCUT2D eigenvalue weighted by Crippen LogP contribution is -2.25. The van der Waals surface area contributed by atoms with Crippen molar-refractivity contribution in [2.75, 3.05) is 0 Å². The van der Waals surface area contributed by atoms with Crippen LogP contribution in [0.5, 0.6) is 11.5 Å². The minimum absolute atomic E-state index is 0.188. The summed E-state index contributed by atoms with van der Waals surface area (Å²) in [5.41, 5.74) is 1.19. The van der Waals surface area contributed by atoms with Crippen LogP contribution in [-0.4, -0.2) is 17.7 Å². The molecular formula is C23H24O5. The summed E-state index contributed by atoms with van der Waals surface area (Å²) in [7, 11) is 0. The summed E-state index contributed by atoms with van der Waals surface area (Å²) in [6.45, 7) is 10.6. The zero-order chi connectivity index (χ0) is 20.9. The molecule has 5 nitrogen and oxygen atoms in total. The molecule has 0 saturated carbocycles. The Labute approximate surface area is 164 Å². The number of hydrogen-bond acceptors (Lipinski definition) is 5. The molecule has 0 amide bonds. The second kappa shape index (κ2) is 6.59. The number of carbonyl (C=O) groups is 3. The van der Waals surface area contributed by atoms with Gasteiger partial charge in [0.1, 0.15) is 11.5 Å². The van der Waals surface area contributed by atoms with Crippen LogP contribution in [0.1, 0.15) is 57.5 Å².